The molecule has 7 nitrogen and oxygen atoms in total. The van der Waals surface area contributed by atoms with Crippen molar-refractivity contribution in [3.05, 3.63) is 11.4 Å². The number of anilines is 2. The van der Waals surface area contributed by atoms with E-state index in [-0.39, 0.29) is 5.92 Å². The van der Waals surface area contributed by atoms with Crippen LogP contribution in [0.15, 0.2) is 0 Å². The quantitative estimate of drug-likeness (QED) is 0.626. The molecule has 0 aliphatic carbocycles. The predicted molar refractivity (Wildman–Crippen MR) is 86.4 cm³/mol. The first-order valence-corrected chi connectivity index (χ1v) is 8.88. The third-order valence-electron chi connectivity index (χ3n) is 2.93. The van der Waals surface area contributed by atoms with Gasteiger partial charge in [-0.3, -0.25) is 0 Å². The maximum atomic E-state index is 11.0. The number of rotatable bonds is 8. The van der Waals surface area contributed by atoms with Gasteiger partial charge in [-0.05, 0) is 13.3 Å². The minimum atomic E-state index is -3.12. The summed E-state index contributed by atoms with van der Waals surface area (Å²) in [5.41, 5.74) is 0.956. The standard InChI is InChI=1S/C13H25N5O2S/c1-9(2)11-17-12(14-4)10(3)13(18-11)15-7-6-8-16-21(5,19)20/h9,16H,6-8H2,1-5H3,(H2,14,15,17,18). The van der Waals surface area contributed by atoms with Crippen LogP contribution in [0.3, 0.4) is 0 Å². The van der Waals surface area contributed by atoms with E-state index in [0.29, 0.717) is 19.5 Å². The fraction of sp³-hybridized carbons (Fsp3) is 0.692. The second kappa shape index (κ2) is 7.56. The van der Waals surface area contributed by atoms with Crippen molar-refractivity contribution in [1.29, 1.82) is 0 Å². The highest BCUT2D eigenvalue weighted by Gasteiger charge is 2.12. The lowest BCUT2D eigenvalue weighted by atomic mass is 10.2. The SMILES string of the molecule is CNc1nc(C(C)C)nc(NCCCNS(C)(=O)=O)c1C. The smallest absolute Gasteiger partial charge is 0.208 e. The summed E-state index contributed by atoms with van der Waals surface area (Å²) in [6.45, 7) is 7.09. The van der Waals surface area contributed by atoms with Gasteiger partial charge < -0.3 is 10.6 Å². The number of aromatic nitrogens is 2. The number of hydrogen-bond donors (Lipinski definition) is 3. The largest absolute Gasteiger partial charge is 0.373 e. The van der Waals surface area contributed by atoms with Gasteiger partial charge in [0.2, 0.25) is 10.0 Å². The Hall–Kier alpha value is -1.41. The van der Waals surface area contributed by atoms with Crippen LogP contribution >= 0.6 is 0 Å². The molecular formula is C13H25N5O2S. The summed E-state index contributed by atoms with van der Waals surface area (Å²) in [5, 5.41) is 6.31. The molecule has 3 N–H and O–H groups in total. The first-order chi connectivity index (χ1) is 9.74. The van der Waals surface area contributed by atoms with Crippen LogP contribution in [-0.2, 0) is 10.0 Å². The molecule has 1 heterocycles. The van der Waals surface area contributed by atoms with Crippen molar-refractivity contribution in [2.24, 2.45) is 0 Å². The van der Waals surface area contributed by atoms with Gasteiger partial charge in [0.25, 0.3) is 0 Å². The number of nitrogens with zero attached hydrogens (tertiary/aromatic N) is 2. The van der Waals surface area contributed by atoms with Crippen molar-refractivity contribution >= 4 is 21.7 Å². The molecule has 0 radical (unpaired) electrons. The Bertz CT molecular complexity index is 572. The lowest BCUT2D eigenvalue weighted by Gasteiger charge is -2.15. The average molecular weight is 315 g/mol. The van der Waals surface area contributed by atoms with E-state index in [9.17, 15) is 8.42 Å². The van der Waals surface area contributed by atoms with E-state index in [2.05, 4.69) is 25.3 Å². The molecule has 0 bridgehead atoms. The first-order valence-electron chi connectivity index (χ1n) is 6.99. The lowest BCUT2D eigenvalue weighted by Crippen LogP contribution is -2.24. The van der Waals surface area contributed by atoms with E-state index in [4.69, 9.17) is 0 Å². The van der Waals surface area contributed by atoms with Crippen molar-refractivity contribution < 1.29 is 8.42 Å². The minimum Gasteiger partial charge on any atom is -0.373 e. The summed E-state index contributed by atoms with van der Waals surface area (Å²) in [5.74, 6) is 2.62. The third kappa shape index (κ3) is 5.84. The molecule has 0 aliphatic rings. The van der Waals surface area contributed by atoms with Gasteiger partial charge in [-0.15, -0.1) is 0 Å². The maximum absolute atomic E-state index is 11.0. The van der Waals surface area contributed by atoms with Crippen LogP contribution in [0.5, 0.6) is 0 Å². The molecule has 0 unspecified atom stereocenters. The maximum Gasteiger partial charge on any atom is 0.208 e. The predicted octanol–water partition coefficient (Wildman–Crippen LogP) is 1.30. The fourth-order valence-corrected chi connectivity index (χ4v) is 2.28. The molecule has 0 fully saturated rings. The number of sulfonamides is 1. The van der Waals surface area contributed by atoms with Gasteiger partial charge in [0, 0.05) is 31.6 Å². The van der Waals surface area contributed by atoms with Crippen LogP contribution in [-0.4, -0.2) is 44.8 Å². The molecule has 0 atom stereocenters. The zero-order valence-corrected chi connectivity index (χ0v) is 14.1. The van der Waals surface area contributed by atoms with Crippen molar-refractivity contribution in [1.82, 2.24) is 14.7 Å². The Morgan fingerprint density at radius 1 is 1.14 bits per heavy atom. The lowest BCUT2D eigenvalue weighted by molar-refractivity contribution is 0.586. The van der Waals surface area contributed by atoms with E-state index < -0.39 is 10.0 Å². The van der Waals surface area contributed by atoms with Crippen molar-refractivity contribution in [3.63, 3.8) is 0 Å². The van der Waals surface area contributed by atoms with Gasteiger partial charge >= 0.3 is 0 Å². The molecule has 0 saturated carbocycles. The zero-order chi connectivity index (χ0) is 16.0. The van der Waals surface area contributed by atoms with E-state index in [1.54, 1.807) is 0 Å². The highest BCUT2D eigenvalue weighted by atomic mass is 32.2. The molecule has 1 rings (SSSR count). The van der Waals surface area contributed by atoms with Crippen molar-refractivity contribution in [2.45, 2.75) is 33.1 Å². The molecule has 120 valence electrons. The average Bonchev–Trinajstić information content (AvgIpc) is 2.38. The normalized spacial score (nSPS) is 11.7. The monoisotopic (exact) mass is 315 g/mol. The van der Waals surface area contributed by atoms with Gasteiger partial charge in [0.05, 0.1) is 6.26 Å². The molecule has 0 aromatic carbocycles. The van der Waals surface area contributed by atoms with Gasteiger partial charge in [0.15, 0.2) is 0 Å². The Kier molecular flexibility index (Phi) is 6.35. The molecule has 0 amide bonds. The number of hydrogen-bond acceptors (Lipinski definition) is 6. The molecule has 1 aromatic heterocycles. The van der Waals surface area contributed by atoms with E-state index in [1.165, 1.54) is 0 Å². The third-order valence-corrected chi connectivity index (χ3v) is 3.66. The molecule has 1 aromatic rings. The molecule has 0 spiro atoms. The van der Waals surface area contributed by atoms with Crippen molar-refractivity contribution in [3.8, 4) is 0 Å². The molecular weight excluding hydrogens is 290 g/mol. The van der Waals surface area contributed by atoms with Gasteiger partial charge in [-0.25, -0.2) is 23.1 Å². The van der Waals surface area contributed by atoms with Crippen LogP contribution in [0, 0.1) is 6.92 Å². The van der Waals surface area contributed by atoms with Crippen LogP contribution in [0.1, 0.15) is 37.6 Å². The first kappa shape index (κ1) is 17.6. The fourth-order valence-electron chi connectivity index (χ4n) is 1.76. The highest BCUT2D eigenvalue weighted by Crippen LogP contribution is 2.22. The van der Waals surface area contributed by atoms with Crippen molar-refractivity contribution in [2.75, 3.05) is 37.0 Å². The summed E-state index contributed by atoms with van der Waals surface area (Å²) in [7, 11) is -1.29. The minimum absolute atomic E-state index is 0.241. The summed E-state index contributed by atoms with van der Waals surface area (Å²) in [4.78, 5) is 9.00. The summed E-state index contributed by atoms with van der Waals surface area (Å²) >= 11 is 0. The Labute approximate surface area is 127 Å². The van der Waals surface area contributed by atoms with Gasteiger partial charge in [-0.2, -0.15) is 0 Å². The molecule has 8 heteroatoms. The summed E-state index contributed by atoms with van der Waals surface area (Å²) in [6, 6.07) is 0. The number of nitrogens with one attached hydrogen (secondary N) is 3. The molecule has 0 saturated heterocycles. The molecule has 0 aliphatic heterocycles. The van der Waals surface area contributed by atoms with Crippen LogP contribution < -0.4 is 15.4 Å². The van der Waals surface area contributed by atoms with Gasteiger partial charge in [0.1, 0.15) is 17.5 Å². The topological polar surface area (TPSA) is 96.0 Å². The second-order valence-corrected chi connectivity index (χ2v) is 7.09. The Morgan fingerprint density at radius 3 is 2.29 bits per heavy atom. The van der Waals surface area contributed by atoms with Crippen LogP contribution in [0.25, 0.3) is 0 Å². The van der Waals surface area contributed by atoms with E-state index in [1.807, 2.05) is 27.8 Å². The highest BCUT2D eigenvalue weighted by molar-refractivity contribution is 7.88. The second-order valence-electron chi connectivity index (χ2n) is 5.26. The zero-order valence-electron chi connectivity index (χ0n) is 13.3. The molecule has 21 heavy (non-hydrogen) atoms. The summed E-state index contributed by atoms with van der Waals surface area (Å²) in [6.07, 6.45) is 1.84. The van der Waals surface area contributed by atoms with Crippen LogP contribution in [0.2, 0.25) is 0 Å². The Morgan fingerprint density at radius 2 is 1.76 bits per heavy atom. The Balaban J connectivity index is 2.67. The van der Waals surface area contributed by atoms with E-state index >= 15 is 0 Å². The van der Waals surface area contributed by atoms with Crippen LogP contribution in [0.4, 0.5) is 11.6 Å². The van der Waals surface area contributed by atoms with Gasteiger partial charge in [-0.1, -0.05) is 13.8 Å². The van der Waals surface area contributed by atoms with E-state index in [0.717, 1.165) is 29.3 Å². The summed E-state index contributed by atoms with van der Waals surface area (Å²) < 4.78 is 24.4.